The SMILES string of the molecule is C#Cc1ccc2[nH]c(S(=O)(=O)N3CCN(C(=O)c4nc5c(s4)CNC(O)C5)C(CC(=O)N(C)C)C3)cc2c1. The molecule has 1 aromatic carbocycles. The van der Waals surface area contributed by atoms with Crippen molar-refractivity contribution in [2.75, 3.05) is 33.7 Å². The lowest BCUT2D eigenvalue weighted by Gasteiger charge is -2.40. The van der Waals surface area contributed by atoms with Gasteiger partial charge in [-0.2, -0.15) is 4.31 Å². The number of carbonyl (C=O) groups is 2. The number of H-pyrrole nitrogens is 1. The summed E-state index contributed by atoms with van der Waals surface area (Å²) in [5.74, 6) is 1.98. The minimum absolute atomic E-state index is 0.0257. The number of benzene rings is 1. The van der Waals surface area contributed by atoms with Crippen LogP contribution in [0.1, 0.15) is 32.4 Å². The lowest BCUT2D eigenvalue weighted by molar-refractivity contribution is -0.130. The maximum atomic E-state index is 13.6. The first-order chi connectivity index (χ1) is 18.1. The Morgan fingerprint density at radius 1 is 1.29 bits per heavy atom. The summed E-state index contributed by atoms with van der Waals surface area (Å²) in [4.78, 5) is 37.5. The first-order valence-corrected chi connectivity index (χ1v) is 14.3. The molecule has 2 unspecified atom stereocenters. The molecule has 38 heavy (non-hydrogen) atoms. The van der Waals surface area contributed by atoms with E-state index in [1.807, 2.05) is 0 Å². The van der Waals surface area contributed by atoms with Crippen molar-refractivity contribution >= 4 is 44.1 Å². The highest BCUT2D eigenvalue weighted by molar-refractivity contribution is 7.89. The molecule has 4 heterocycles. The zero-order valence-electron chi connectivity index (χ0n) is 21.0. The molecular formula is C25H28N6O5S2. The number of aromatic nitrogens is 2. The van der Waals surface area contributed by atoms with E-state index in [1.54, 1.807) is 43.3 Å². The Kier molecular flexibility index (Phi) is 7.01. The van der Waals surface area contributed by atoms with Crippen LogP contribution in [0.4, 0.5) is 0 Å². The second-order valence-corrected chi connectivity index (χ2v) is 12.6. The van der Waals surface area contributed by atoms with E-state index in [-0.39, 0.29) is 47.9 Å². The number of aliphatic hydroxyl groups excluding tert-OH is 1. The zero-order chi connectivity index (χ0) is 27.2. The molecule has 3 N–H and O–H groups in total. The highest BCUT2D eigenvalue weighted by Gasteiger charge is 2.39. The molecular weight excluding hydrogens is 528 g/mol. The summed E-state index contributed by atoms with van der Waals surface area (Å²) >= 11 is 1.25. The Labute approximate surface area is 224 Å². The Hall–Kier alpha value is -3.28. The molecule has 3 aromatic rings. The van der Waals surface area contributed by atoms with E-state index in [4.69, 9.17) is 6.42 Å². The molecule has 2 amide bonds. The minimum Gasteiger partial charge on any atom is -0.378 e. The average molecular weight is 557 g/mol. The second-order valence-electron chi connectivity index (χ2n) is 9.58. The van der Waals surface area contributed by atoms with E-state index < -0.39 is 22.3 Å². The third-order valence-corrected chi connectivity index (χ3v) is 9.71. The van der Waals surface area contributed by atoms with Crippen LogP contribution in [0, 0.1) is 12.3 Å². The van der Waals surface area contributed by atoms with Gasteiger partial charge in [0.05, 0.1) is 11.7 Å². The first kappa shape index (κ1) is 26.3. The van der Waals surface area contributed by atoms with Crippen LogP contribution >= 0.6 is 11.3 Å². The molecule has 0 saturated carbocycles. The number of aromatic amines is 1. The molecule has 2 aromatic heterocycles. The van der Waals surface area contributed by atoms with Crippen LogP contribution in [-0.2, 0) is 27.8 Å². The Morgan fingerprint density at radius 3 is 2.82 bits per heavy atom. The summed E-state index contributed by atoms with van der Waals surface area (Å²) in [5.41, 5.74) is 1.96. The maximum absolute atomic E-state index is 13.6. The van der Waals surface area contributed by atoms with Gasteiger partial charge in [-0.25, -0.2) is 13.4 Å². The van der Waals surface area contributed by atoms with E-state index in [0.29, 0.717) is 35.1 Å². The first-order valence-electron chi connectivity index (χ1n) is 12.1. The lowest BCUT2D eigenvalue weighted by Crippen LogP contribution is -2.57. The van der Waals surface area contributed by atoms with Crippen LogP contribution in [0.15, 0.2) is 29.3 Å². The summed E-state index contributed by atoms with van der Waals surface area (Å²) < 4.78 is 28.5. The number of nitrogens with one attached hydrogen (secondary N) is 2. The molecule has 0 aliphatic carbocycles. The lowest BCUT2D eigenvalue weighted by atomic mass is 10.1. The fraction of sp³-hybridized carbons (Fsp3) is 0.400. The number of fused-ring (bicyclic) bond motifs is 2. The van der Waals surface area contributed by atoms with Crippen molar-refractivity contribution in [3.8, 4) is 12.3 Å². The number of aliphatic hydroxyl groups is 1. The Morgan fingerprint density at radius 2 is 2.08 bits per heavy atom. The quantitative estimate of drug-likeness (QED) is 0.391. The van der Waals surface area contributed by atoms with Crippen molar-refractivity contribution in [2.24, 2.45) is 0 Å². The number of piperazine rings is 1. The van der Waals surface area contributed by atoms with Crippen molar-refractivity contribution in [1.82, 2.24) is 29.4 Å². The van der Waals surface area contributed by atoms with Gasteiger partial charge in [-0.15, -0.1) is 17.8 Å². The topological polar surface area (TPSA) is 139 Å². The van der Waals surface area contributed by atoms with Crippen molar-refractivity contribution < 1.29 is 23.1 Å². The molecule has 1 saturated heterocycles. The van der Waals surface area contributed by atoms with Gasteiger partial charge < -0.3 is 19.9 Å². The number of amides is 2. The summed E-state index contributed by atoms with van der Waals surface area (Å²) in [6.07, 6.45) is 5.03. The van der Waals surface area contributed by atoms with Crippen molar-refractivity contribution in [2.45, 2.75) is 36.7 Å². The largest absolute Gasteiger partial charge is 0.378 e. The normalized spacial score (nSPS) is 20.2. The van der Waals surface area contributed by atoms with Gasteiger partial charge in [0, 0.05) is 74.5 Å². The summed E-state index contributed by atoms with van der Waals surface area (Å²) in [5, 5.41) is 13.8. The second kappa shape index (κ2) is 10.1. The zero-order valence-corrected chi connectivity index (χ0v) is 22.6. The van der Waals surface area contributed by atoms with Gasteiger partial charge in [0.15, 0.2) is 5.01 Å². The van der Waals surface area contributed by atoms with Crippen molar-refractivity contribution in [3.05, 3.63) is 45.4 Å². The highest BCUT2D eigenvalue weighted by atomic mass is 32.2. The Bertz CT molecular complexity index is 1550. The molecule has 11 nitrogen and oxygen atoms in total. The van der Waals surface area contributed by atoms with E-state index in [9.17, 15) is 23.1 Å². The minimum atomic E-state index is -3.94. The molecule has 13 heteroatoms. The number of hydrogen-bond donors (Lipinski definition) is 3. The molecule has 0 spiro atoms. The smallest absolute Gasteiger partial charge is 0.283 e. The van der Waals surface area contributed by atoms with Crippen LogP contribution in [0.3, 0.4) is 0 Å². The van der Waals surface area contributed by atoms with Gasteiger partial charge in [-0.1, -0.05) is 5.92 Å². The molecule has 2 aliphatic rings. The molecule has 1 fully saturated rings. The molecule has 0 bridgehead atoms. The molecule has 2 aliphatic heterocycles. The van der Waals surface area contributed by atoms with E-state index in [0.717, 1.165) is 4.88 Å². The van der Waals surface area contributed by atoms with Crippen LogP contribution in [0.2, 0.25) is 0 Å². The van der Waals surface area contributed by atoms with Crippen LogP contribution in [0.25, 0.3) is 10.9 Å². The van der Waals surface area contributed by atoms with Gasteiger partial charge in [-0.05, 0) is 24.3 Å². The predicted octanol–water partition coefficient (Wildman–Crippen LogP) is 0.563. The number of hydrogen-bond acceptors (Lipinski definition) is 8. The number of nitrogens with zero attached hydrogens (tertiary/aromatic N) is 4. The Balaban J connectivity index is 1.41. The van der Waals surface area contributed by atoms with Gasteiger partial charge in [0.1, 0.15) is 11.3 Å². The highest BCUT2D eigenvalue weighted by Crippen LogP contribution is 2.28. The standard InChI is InChI=1S/C25H28N6O5S2/c1-4-15-5-6-18-16(9-15)10-22(27-18)38(35,36)30-7-8-31(17(14-30)11-23(33)29(2)3)25(34)24-28-19-12-21(32)26-13-20(19)37-24/h1,5-6,9-10,17,21,26-27,32H,7-8,11-14H2,2-3H3. The number of sulfonamides is 1. The third-order valence-electron chi connectivity index (χ3n) is 6.84. The third kappa shape index (κ3) is 4.93. The van der Waals surface area contributed by atoms with Gasteiger partial charge in [0.2, 0.25) is 5.91 Å². The number of carbonyl (C=O) groups excluding carboxylic acids is 2. The van der Waals surface area contributed by atoms with Crippen LogP contribution in [-0.4, -0.2) is 95.4 Å². The fourth-order valence-corrected chi connectivity index (χ4v) is 7.19. The summed E-state index contributed by atoms with van der Waals surface area (Å²) in [6.45, 7) is 0.556. The van der Waals surface area contributed by atoms with Crippen LogP contribution in [0.5, 0.6) is 0 Å². The van der Waals surface area contributed by atoms with E-state index in [2.05, 4.69) is 21.2 Å². The molecule has 5 rings (SSSR count). The summed E-state index contributed by atoms with van der Waals surface area (Å²) in [6, 6.07) is 6.08. The van der Waals surface area contributed by atoms with Gasteiger partial charge in [0.25, 0.3) is 15.9 Å². The number of rotatable bonds is 5. The van der Waals surface area contributed by atoms with E-state index >= 15 is 0 Å². The monoisotopic (exact) mass is 556 g/mol. The van der Waals surface area contributed by atoms with Crippen molar-refractivity contribution in [3.63, 3.8) is 0 Å². The van der Waals surface area contributed by atoms with Gasteiger partial charge in [-0.3, -0.25) is 14.9 Å². The average Bonchev–Trinajstić information content (AvgIpc) is 3.52. The van der Waals surface area contributed by atoms with Crippen LogP contribution < -0.4 is 5.32 Å². The number of thiazole rings is 1. The maximum Gasteiger partial charge on any atom is 0.283 e. The predicted molar refractivity (Wildman–Crippen MR) is 142 cm³/mol. The fourth-order valence-electron chi connectivity index (χ4n) is 4.71. The van der Waals surface area contributed by atoms with E-state index in [1.165, 1.54) is 20.5 Å². The summed E-state index contributed by atoms with van der Waals surface area (Å²) in [7, 11) is -0.702. The van der Waals surface area contributed by atoms with Crippen molar-refractivity contribution in [1.29, 1.82) is 0 Å². The van der Waals surface area contributed by atoms with Gasteiger partial charge >= 0.3 is 0 Å². The molecule has 200 valence electrons. The molecule has 2 atom stereocenters. The molecule has 0 radical (unpaired) electrons. The number of terminal acetylenes is 1.